The number of nitrogens with two attached hydrogens (primary N) is 1. The molecule has 0 bridgehead atoms. The van der Waals surface area contributed by atoms with E-state index in [0.717, 1.165) is 17.0 Å². The van der Waals surface area contributed by atoms with Crippen molar-refractivity contribution in [3.8, 4) is 11.3 Å². The van der Waals surface area contributed by atoms with Crippen LogP contribution in [0.1, 0.15) is 93.2 Å². The Bertz CT molecular complexity index is 2140. The van der Waals surface area contributed by atoms with Crippen molar-refractivity contribution in [2.45, 2.75) is 161 Å². The number of rotatable bonds is 16. The molecule has 3 fully saturated rings. The molecule has 3 aromatic rings. The van der Waals surface area contributed by atoms with Gasteiger partial charge in [-0.3, -0.25) is 24.0 Å². The third kappa shape index (κ3) is 11.5. The van der Waals surface area contributed by atoms with E-state index in [2.05, 4.69) is 20.3 Å². The van der Waals surface area contributed by atoms with Gasteiger partial charge in [0.25, 0.3) is 0 Å². The number of pyridine rings is 1. The number of aliphatic hydroxyl groups is 1. The summed E-state index contributed by atoms with van der Waals surface area (Å²) in [6.45, 7) is 16.5. The molecule has 19 heteroatoms. The molecule has 19 nitrogen and oxygen atoms in total. The van der Waals surface area contributed by atoms with Crippen LogP contribution in [-0.2, 0) is 57.6 Å². The highest BCUT2D eigenvalue weighted by atomic mass is 16.7. The first-order chi connectivity index (χ1) is 31.8. The van der Waals surface area contributed by atoms with E-state index in [1.54, 1.807) is 56.0 Å². The SMILES string of the molecule is CC[C@H]1OC(=O)[C@H](C)C(=O)[C@H](C)[C@@H](O[C@@H]2O[C@H](C)C[C@H](N(C)CCc3cn(CCN)nn3)[C@H]2O)[C@](C)(OC)C[C@@H](C)C(=O)[C@H](C)[C@H]2N(CCCCn3cnc(-c4cccnc4)c3)C(=O)O[C@]12C. The molecule has 370 valence electrons. The van der Waals surface area contributed by atoms with E-state index in [1.165, 1.54) is 14.0 Å². The van der Waals surface area contributed by atoms with Gasteiger partial charge in [-0.05, 0) is 79.0 Å². The van der Waals surface area contributed by atoms with E-state index >= 15 is 0 Å². The Morgan fingerprint density at radius 1 is 1.01 bits per heavy atom. The second-order valence-corrected chi connectivity index (χ2v) is 19.4. The van der Waals surface area contributed by atoms with E-state index in [-0.39, 0.29) is 31.3 Å². The number of imidazole rings is 1. The van der Waals surface area contributed by atoms with Gasteiger partial charge in [0.05, 0.1) is 48.1 Å². The number of methoxy groups -OCH3 is 1. The molecule has 0 spiro atoms. The summed E-state index contributed by atoms with van der Waals surface area (Å²) < 4.78 is 35.4. The number of ether oxygens (including phenoxy) is 5. The Hall–Kier alpha value is -4.66. The summed E-state index contributed by atoms with van der Waals surface area (Å²) in [5.41, 5.74) is 5.45. The molecule has 0 saturated carbocycles. The lowest BCUT2D eigenvalue weighted by molar-refractivity contribution is -0.296. The number of fused-ring (bicyclic) bond motifs is 1. The molecule has 1 amide bonds. The van der Waals surface area contributed by atoms with Crippen LogP contribution in [-0.4, -0.2) is 156 Å². The third-order valence-corrected chi connectivity index (χ3v) is 14.4. The van der Waals surface area contributed by atoms with Crippen molar-refractivity contribution in [1.29, 1.82) is 0 Å². The minimum atomic E-state index is -1.42. The Balaban J connectivity index is 1.23. The maximum absolute atomic E-state index is 14.9. The highest BCUT2D eigenvalue weighted by Gasteiger charge is 2.60. The summed E-state index contributed by atoms with van der Waals surface area (Å²) in [6.07, 6.45) is 6.41. The van der Waals surface area contributed by atoms with Gasteiger partial charge in [0.1, 0.15) is 23.9 Å². The quantitative estimate of drug-likeness (QED) is 0.117. The van der Waals surface area contributed by atoms with E-state index in [9.17, 15) is 24.3 Å². The lowest BCUT2D eigenvalue weighted by Crippen LogP contribution is -2.60. The summed E-state index contributed by atoms with van der Waals surface area (Å²) in [7, 11) is 3.41. The number of likely N-dealkylation sites (N-methyl/N-ethyl adjacent to an activating group) is 1. The topological polar surface area (TPSA) is 229 Å². The van der Waals surface area contributed by atoms with Crippen LogP contribution in [0.4, 0.5) is 4.79 Å². The van der Waals surface area contributed by atoms with Crippen molar-refractivity contribution in [3.05, 3.63) is 48.9 Å². The Morgan fingerprint density at radius 2 is 1.76 bits per heavy atom. The first-order valence-corrected chi connectivity index (χ1v) is 23.9. The van der Waals surface area contributed by atoms with Gasteiger partial charge in [0, 0.05) is 93.9 Å². The van der Waals surface area contributed by atoms with Crippen molar-refractivity contribution in [2.24, 2.45) is 29.4 Å². The van der Waals surface area contributed by atoms with Crippen LogP contribution in [0, 0.1) is 23.7 Å². The largest absolute Gasteiger partial charge is 0.458 e. The van der Waals surface area contributed by atoms with Crippen molar-refractivity contribution >= 4 is 23.6 Å². The Morgan fingerprint density at radius 3 is 2.45 bits per heavy atom. The summed E-state index contributed by atoms with van der Waals surface area (Å²) in [6, 6.07) is 2.60. The van der Waals surface area contributed by atoms with Gasteiger partial charge < -0.3 is 48.9 Å². The maximum atomic E-state index is 14.9. The second kappa shape index (κ2) is 22.2. The third-order valence-electron chi connectivity index (χ3n) is 14.4. The molecule has 3 aliphatic heterocycles. The summed E-state index contributed by atoms with van der Waals surface area (Å²) in [5.74, 6) is -5.15. The lowest BCUT2D eigenvalue weighted by Gasteiger charge is -2.47. The number of hydrogen-bond donors (Lipinski definition) is 2. The molecule has 0 radical (unpaired) electrons. The van der Waals surface area contributed by atoms with Gasteiger partial charge in [0.15, 0.2) is 17.7 Å². The number of hydrogen-bond acceptors (Lipinski definition) is 16. The minimum absolute atomic E-state index is 0.0989. The monoisotopic (exact) mass is 936 g/mol. The number of aromatic nitrogens is 6. The van der Waals surface area contributed by atoms with E-state index < -0.39 is 89.4 Å². The predicted octanol–water partition coefficient (Wildman–Crippen LogP) is 4.09. The predicted molar refractivity (Wildman–Crippen MR) is 246 cm³/mol. The van der Waals surface area contributed by atoms with Gasteiger partial charge in [0.2, 0.25) is 0 Å². The van der Waals surface area contributed by atoms with E-state index in [4.69, 9.17) is 29.4 Å². The number of esters is 1. The van der Waals surface area contributed by atoms with Crippen LogP contribution >= 0.6 is 0 Å². The zero-order valence-electron chi connectivity index (χ0n) is 40.9. The maximum Gasteiger partial charge on any atom is 0.410 e. The number of Topliss-reactive ketones (excluding diaryl/α,β-unsaturated/α-hetero) is 2. The number of cyclic esters (lactones) is 1. The number of unbranched alkanes of at least 4 members (excludes halogenated alkanes) is 1. The van der Waals surface area contributed by atoms with Crippen molar-refractivity contribution in [1.82, 2.24) is 39.3 Å². The van der Waals surface area contributed by atoms with Gasteiger partial charge >= 0.3 is 12.1 Å². The van der Waals surface area contributed by atoms with Crippen LogP contribution in [0.15, 0.2) is 43.2 Å². The number of aliphatic hydroxyl groups excluding tert-OH is 1. The van der Waals surface area contributed by atoms with Gasteiger partial charge in [-0.2, -0.15) is 0 Å². The van der Waals surface area contributed by atoms with E-state index in [1.807, 2.05) is 61.8 Å². The smallest absolute Gasteiger partial charge is 0.410 e. The normalized spacial score (nSPS) is 33.4. The molecule has 67 heavy (non-hydrogen) atoms. The average Bonchev–Trinajstić information content (AvgIpc) is 4.05. The first-order valence-electron chi connectivity index (χ1n) is 23.9. The lowest BCUT2D eigenvalue weighted by atomic mass is 9.73. The molecule has 3 N–H and O–H groups in total. The van der Waals surface area contributed by atoms with Gasteiger partial charge in [-0.15, -0.1) is 5.10 Å². The van der Waals surface area contributed by atoms with Crippen LogP contribution in [0.2, 0.25) is 0 Å². The molecular formula is C48H73N9O10. The van der Waals surface area contributed by atoms with Crippen LogP contribution in [0.25, 0.3) is 11.3 Å². The minimum Gasteiger partial charge on any atom is -0.458 e. The number of aryl methyl sites for hydroxylation is 1. The molecule has 0 aromatic carbocycles. The molecule has 3 aliphatic rings. The molecule has 6 rings (SSSR count). The molecule has 0 aliphatic carbocycles. The highest BCUT2D eigenvalue weighted by Crippen LogP contribution is 2.43. The zero-order chi connectivity index (χ0) is 48.8. The fourth-order valence-corrected chi connectivity index (χ4v) is 10.5. The van der Waals surface area contributed by atoms with E-state index in [0.29, 0.717) is 51.9 Å². The van der Waals surface area contributed by atoms with Crippen LogP contribution in [0.5, 0.6) is 0 Å². The molecule has 3 saturated heterocycles. The average molecular weight is 936 g/mol. The molecule has 0 unspecified atom stereocenters. The summed E-state index contributed by atoms with van der Waals surface area (Å²) >= 11 is 0. The first kappa shape index (κ1) is 51.7. The number of carbonyl (C=O) groups excluding carboxylic acids is 4. The van der Waals surface area contributed by atoms with Crippen LogP contribution in [0.3, 0.4) is 0 Å². The van der Waals surface area contributed by atoms with Crippen LogP contribution < -0.4 is 5.73 Å². The molecule has 3 aromatic heterocycles. The number of carbonyl (C=O) groups is 4. The Labute approximate surface area is 394 Å². The zero-order valence-corrected chi connectivity index (χ0v) is 40.9. The number of amides is 1. The van der Waals surface area contributed by atoms with Gasteiger partial charge in [-0.1, -0.05) is 32.9 Å². The molecule has 13 atom stereocenters. The fourth-order valence-electron chi connectivity index (χ4n) is 10.5. The summed E-state index contributed by atoms with van der Waals surface area (Å²) in [4.78, 5) is 69.9. The Kier molecular flexibility index (Phi) is 17.1. The highest BCUT2D eigenvalue weighted by molar-refractivity contribution is 6.00. The van der Waals surface area contributed by atoms with Gasteiger partial charge in [-0.25, -0.2) is 9.78 Å². The number of nitrogens with zero attached hydrogens (tertiary/aromatic N) is 8. The molecular weight excluding hydrogens is 863 g/mol. The summed E-state index contributed by atoms with van der Waals surface area (Å²) in [5, 5.41) is 20.4. The standard InChI is InChI=1S/C48H73N9O10/c1-11-38-48(8)42(57(46(62)67-48)20-13-12-19-55-27-36(51-28-55)34-15-14-18-50-25-34)31(4)39(58)29(2)24-47(7,63-10)43(32(5)40(59)33(6)44(61)65-38)66-45-41(60)37(23-30(3)64-45)54(9)21-16-35-26-56(22-17-49)53-52-35/h14-15,18,25-33,37-38,41-43,45,60H,11-13,16-17,19-24,49H2,1-10H3/t29-,30-,31+,32+,33-,37+,38-,41-,42-,43-,45+,47-,48-/m1/s1. The fraction of sp³-hybridized carbons (Fsp3) is 0.708. The van der Waals surface area contributed by atoms with Crippen molar-refractivity contribution in [2.75, 3.05) is 33.8 Å². The van der Waals surface area contributed by atoms with Crippen molar-refractivity contribution < 1.29 is 48.0 Å². The molecule has 6 heterocycles. The second-order valence-electron chi connectivity index (χ2n) is 19.4. The van der Waals surface area contributed by atoms with Crippen molar-refractivity contribution in [3.63, 3.8) is 0 Å². The number of ketones is 2.